The number of anilines is 1. The van der Waals surface area contributed by atoms with Gasteiger partial charge in [0.25, 0.3) is 0 Å². The molecule has 5 nitrogen and oxygen atoms in total. The van der Waals surface area contributed by atoms with Gasteiger partial charge in [-0.05, 0) is 24.6 Å². The predicted octanol–water partition coefficient (Wildman–Crippen LogP) is 5.27. The van der Waals surface area contributed by atoms with Gasteiger partial charge in [-0.15, -0.1) is 0 Å². The maximum Gasteiger partial charge on any atom is 0.490 e. The Morgan fingerprint density at radius 2 is 1.83 bits per heavy atom. The summed E-state index contributed by atoms with van der Waals surface area (Å²) in [6.07, 6.45) is -3.24. The molecule has 29 heavy (non-hydrogen) atoms. The van der Waals surface area contributed by atoms with Gasteiger partial charge < -0.3 is 15.4 Å². The molecule has 2 aromatic carbocycles. The quantitative estimate of drug-likeness (QED) is 0.437. The number of benzene rings is 2. The molecule has 4 aromatic rings. The molecule has 0 atom stereocenters. The minimum atomic E-state index is -5.08. The van der Waals surface area contributed by atoms with E-state index in [1.165, 1.54) is 16.5 Å². The number of pyridine rings is 1. The summed E-state index contributed by atoms with van der Waals surface area (Å²) in [7, 11) is 0. The number of alkyl halides is 3. The highest BCUT2D eigenvalue weighted by atomic mass is 19.4. The van der Waals surface area contributed by atoms with Gasteiger partial charge in [0.1, 0.15) is 5.82 Å². The Balaban J connectivity index is 0.000000298. The number of hydrogen-bond donors (Lipinski definition) is 3. The highest BCUT2D eigenvalue weighted by molar-refractivity contribution is 6.12. The first-order valence-electron chi connectivity index (χ1n) is 8.70. The van der Waals surface area contributed by atoms with E-state index in [9.17, 15) is 13.2 Å². The maximum absolute atomic E-state index is 10.6. The van der Waals surface area contributed by atoms with Gasteiger partial charge in [-0.1, -0.05) is 48.0 Å². The smallest absolute Gasteiger partial charge is 0.475 e. The van der Waals surface area contributed by atoms with Crippen molar-refractivity contribution in [3.05, 3.63) is 71.9 Å². The van der Waals surface area contributed by atoms with Crippen LogP contribution in [-0.2, 0) is 11.3 Å². The average Bonchev–Trinajstić information content (AvgIpc) is 3.05. The topological polar surface area (TPSA) is 78.0 Å². The molecule has 0 radical (unpaired) electrons. The van der Waals surface area contributed by atoms with Crippen LogP contribution in [0.25, 0.3) is 21.8 Å². The number of H-pyrrole nitrogens is 1. The third-order valence-corrected chi connectivity index (χ3v) is 4.20. The second kappa shape index (κ2) is 8.22. The van der Waals surface area contributed by atoms with Crippen molar-refractivity contribution in [1.29, 1.82) is 0 Å². The number of nitrogens with zero attached hydrogens (tertiary/aromatic N) is 1. The zero-order chi connectivity index (χ0) is 21.0. The van der Waals surface area contributed by atoms with Gasteiger partial charge in [-0.3, -0.25) is 0 Å². The first kappa shape index (κ1) is 20.2. The summed E-state index contributed by atoms with van der Waals surface area (Å²) in [6.45, 7) is 2.88. The number of nitrogens with one attached hydrogen (secondary N) is 2. The van der Waals surface area contributed by atoms with Crippen molar-refractivity contribution in [3.8, 4) is 0 Å². The van der Waals surface area contributed by atoms with Gasteiger partial charge in [-0.25, -0.2) is 9.78 Å². The van der Waals surface area contributed by atoms with Gasteiger partial charge in [0, 0.05) is 29.0 Å². The normalized spacial score (nSPS) is 11.2. The van der Waals surface area contributed by atoms with Crippen LogP contribution >= 0.6 is 0 Å². The second-order valence-corrected chi connectivity index (χ2v) is 6.40. The molecule has 0 aliphatic carbocycles. The fourth-order valence-electron chi connectivity index (χ4n) is 2.94. The highest BCUT2D eigenvalue weighted by Gasteiger charge is 2.38. The lowest BCUT2D eigenvalue weighted by Crippen LogP contribution is -2.21. The number of aryl methyl sites for hydroxylation is 1. The van der Waals surface area contributed by atoms with Crippen LogP contribution in [0.3, 0.4) is 0 Å². The fraction of sp³-hybridized carbons (Fsp3) is 0.143. The standard InChI is InChI=1S/C19H17N3.C2HF3O2/c1-13-5-4-6-14(11-13)12-21-19-18-15-7-2-3-8-16(15)22-17(18)9-10-20-19;3-2(4,5)1(6)7/h2-11,22H,12H2,1H3,(H,20,21);(H,6,7). The molecule has 0 unspecified atom stereocenters. The number of aliphatic carboxylic acids is 1. The van der Waals surface area contributed by atoms with E-state index in [2.05, 4.69) is 64.7 Å². The lowest BCUT2D eigenvalue weighted by Gasteiger charge is -2.08. The first-order chi connectivity index (χ1) is 13.8. The molecule has 3 N–H and O–H groups in total. The number of aromatic amines is 1. The number of aromatic nitrogens is 2. The molecule has 2 aromatic heterocycles. The van der Waals surface area contributed by atoms with Gasteiger partial charge >= 0.3 is 12.1 Å². The molecule has 0 bridgehead atoms. The molecule has 0 fully saturated rings. The van der Waals surface area contributed by atoms with Crippen molar-refractivity contribution in [2.24, 2.45) is 0 Å². The van der Waals surface area contributed by atoms with Crippen LogP contribution in [0.4, 0.5) is 19.0 Å². The van der Waals surface area contributed by atoms with Crippen molar-refractivity contribution in [2.75, 3.05) is 5.32 Å². The number of fused-ring (bicyclic) bond motifs is 3. The summed E-state index contributed by atoms with van der Waals surface area (Å²) in [5.41, 5.74) is 4.79. The average molecular weight is 401 g/mol. The van der Waals surface area contributed by atoms with Gasteiger partial charge in [0.05, 0.1) is 5.52 Å². The molecular weight excluding hydrogens is 383 g/mol. The Hall–Kier alpha value is -3.55. The predicted molar refractivity (Wildman–Crippen MR) is 106 cm³/mol. The fourth-order valence-corrected chi connectivity index (χ4v) is 2.94. The number of carboxylic acid groups (broad SMARTS) is 1. The van der Waals surface area contributed by atoms with E-state index in [-0.39, 0.29) is 0 Å². The van der Waals surface area contributed by atoms with Crippen molar-refractivity contribution in [1.82, 2.24) is 9.97 Å². The minimum Gasteiger partial charge on any atom is -0.475 e. The highest BCUT2D eigenvalue weighted by Crippen LogP contribution is 2.30. The molecule has 0 saturated heterocycles. The Morgan fingerprint density at radius 3 is 2.52 bits per heavy atom. The molecule has 2 heterocycles. The van der Waals surface area contributed by atoms with Crippen LogP contribution in [0.5, 0.6) is 0 Å². The molecule has 0 aliphatic rings. The van der Waals surface area contributed by atoms with E-state index in [0.29, 0.717) is 0 Å². The van der Waals surface area contributed by atoms with Gasteiger partial charge in [0.2, 0.25) is 0 Å². The van der Waals surface area contributed by atoms with Crippen molar-refractivity contribution in [2.45, 2.75) is 19.6 Å². The van der Waals surface area contributed by atoms with Crippen LogP contribution in [0, 0.1) is 6.92 Å². The maximum atomic E-state index is 10.6. The van der Waals surface area contributed by atoms with Crippen LogP contribution in [0.1, 0.15) is 11.1 Å². The molecule has 0 amide bonds. The Bertz CT molecular complexity index is 1150. The number of halogens is 3. The Kier molecular flexibility index (Phi) is 5.72. The number of rotatable bonds is 3. The number of carbonyl (C=O) groups is 1. The van der Waals surface area contributed by atoms with E-state index in [0.717, 1.165) is 28.8 Å². The number of carboxylic acids is 1. The van der Waals surface area contributed by atoms with E-state index in [4.69, 9.17) is 9.90 Å². The van der Waals surface area contributed by atoms with E-state index in [1.54, 1.807) is 0 Å². The molecular formula is C21H18F3N3O2. The summed E-state index contributed by atoms with van der Waals surface area (Å²) in [5.74, 6) is -1.83. The zero-order valence-corrected chi connectivity index (χ0v) is 15.4. The zero-order valence-electron chi connectivity index (χ0n) is 15.4. The van der Waals surface area contributed by atoms with E-state index >= 15 is 0 Å². The Morgan fingerprint density at radius 1 is 1.10 bits per heavy atom. The molecule has 150 valence electrons. The third-order valence-electron chi connectivity index (χ3n) is 4.20. The number of hydrogen-bond acceptors (Lipinski definition) is 3. The lowest BCUT2D eigenvalue weighted by atomic mass is 10.1. The largest absolute Gasteiger partial charge is 0.490 e. The molecule has 0 aliphatic heterocycles. The van der Waals surface area contributed by atoms with Gasteiger partial charge in [-0.2, -0.15) is 13.2 Å². The summed E-state index contributed by atoms with van der Waals surface area (Å²) in [4.78, 5) is 16.9. The molecule has 8 heteroatoms. The van der Waals surface area contributed by atoms with Crippen LogP contribution < -0.4 is 5.32 Å². The van der Waals surface area contributed by atoms with Gasteiger partial charge in [0.15, 0.2) is 0 Å². The second-order valence-electron chi connectivity index (χ2n) is 6.40. The Labute approximate surface area is 164 Å². The van der Waals surface area contributed by atoms with Crippen molar-refractivity contribution in [3.63, 3.8) is 0 Å². The van der Waals surface area contributed by atoms with Crippen LogP contribution in [0.15, 0.2) is 60.8 Å². The molecule has 4 rings (SSSR count). The molecule has 0 saturated carbocycles. The van der Waals surface area contributed by atoms with Crippen LogP contribution in [-0.4, -0.2) is 27.2 Å². The molecule has 0 spiro atoms. The monoisotopic (exact) mass is 401 g/mol. The van der Waals surface area contributed by atoms with Crippen molar-refractivity contribution >= 4 is 33.6 Å². The van der Waals surface area contributed by atoms with Crippen LogP contribution in [0.2, 0.25) is 0 Å². The van der Waals surface area contributed by atoms with E-state index < -0.39 is 12.1 Å². The summed E-state index contributed by atoms with van der Waals surface area (Å²) in [6, 6.07) is 18.9. The van der Waals surface area contributed by atoms with E-state index in [1.807, 2.05) is 18.3 Å². The summed E-state index contributed by atoms with van der Waals surface area (Å²) < 4.78 is 31.7. The summed E-state index contributed by atoms with van der Waals surface area (Å²) >= 11 is 0. The lowest BCUT2D eigenvalue weighted by molar-refractivity contribution is -0.192. The first-order valence-corrected chi connectivity index (χ1v) is 8.70. The SMILES string of the molecule is Cc1cccc(CNc2nccc3[nH]c4ccccc4c23)c1.O=C(O)C(F)(F)F. The minimum absolute atomic E-state index is 0.771. The van der Waals surface area contributed by atoms with Crippen molar-refractivity contribution < 1.29 is 23.1 Å². The summed E-state index contributed by atoms with van der Waals surface area (Å²) in [5, 5.41) is 13.0. The number of para-hydroxylation sites is 1. The third kappa shape index (κ3) is 4.84.